The summed E-state index contributed by atoms with van der Waals surface area (Å²) >= 11 is 1.82. The monoisotopic (exact) mass is 428 g/mol. The standard InChI is InChI=1S/C14H28N4OS.HI/c1-5-13(19)18-8-7-12(10-18)17-14(15-6-2)16-9-11(3)20-4;/h11-12H,5-10H2,1-4H3,(H2,15,16,17);1H. The van der Waals surface area contributed by atoms with Gasteiger partial charge in [-0.25, -0.2) is 0 Å². The lowest BCUT2D eigenvalue weighted by molar-refractivity contribution is -0.129. The predicted octanol–water partition coefficient (Wildman–Crippen LogP) is 1.92. The van der Waals surface area contributed by atoms with Crippen molar-refractivity contribution in [3.63, 3.8) is 0 Å². The van der Waals surface area contributed by atoms with Crippen LogP contribution in [0, 0.1) is 0 Å². The maximum absolute atomic E-state index is 11.7. The molecule has 1 heterocycles. The number of thioether (sulfide) groups is 1. The Kier molecular flexibility index (Phi) is 11.3. The van der Waals surface area contributed by atoms with Crippen LogP contribution in [0.1, 0.15) is 33.6 Å². The van der Waals surface area contributed by atoms with Crippen LogP contribution in [-0.2, 0) is 4.79 Å². The Bertz CT molecular complexity index is 341. The lowest BCUT2D eigenvalue weighted by Gasteiger charge is -2.19. The van der Waals surface area contributed by atoms with E-state index >= 15 is 0 Å². The zero-order chi connectivity index (χ0) is 15.0. The molecule has 1 amide bonds. The van der Waals surface area contributed by atoms with E-state index in [4.69, 9.17) is 0 Å². The molecule has 0 aromatic heterocycles. The van der Waals surface area contributed by atoms with Gasteiger partial charge in [-0.15, -0.1) is 24.0 Å². The van der Waals surface area contributed by atoms with Crippen LogP contribution in [-0.4, -0.2) is 60.5 Å². The number of guanidine groups is 1. The van der Waals surface area contributed by atoms with Gasteiger partial charge in [0.1, 0.15) is 0 Å². The molecule has 2 unspecified atom stereocenters. The third-order valence-electron chi connectivity index (χ3n) is 3.44. The quantitative estimate of drug-likeness (QED) is 0.386. The van der Waals surface area contributed by atoms with Gasteiger partial charge in [-0.2, -0.15) is 11.8 Å². The zero-order valence-corrected chi connectivity index (χ0v) is 16.7. The molecule has 0 radical (unpaired) electrons. The van der Waals surface area contributed by atoms with E-state index in [1.165, 1.54) is 0 Å². The number of hydrogen-bond acceptors (Lipinski definition) is 3. The van der Waals surface area contributed by atoms with E-state index in [1.54, 1.807) is 0 Å². The van der Waals surface area contributed by atoms with Crippen molar-refractivity contribution in [3.8, 4) is 0 Å². The fraction of sp³-hybridized carbons (Fsp3) is 0.857. The van der Waals surface area contributed by atoms with Gasteiger partial charge in [-0.1, -0.05) is 13.8 Å². The Morgan fingerprint density at radius 2 is 2.19 bits per heavy atom. The highest BCUT2D eigenvalue weighted by Gasteiger charge is 2.25. The zero-order valence-electron chi connectivity index (χ0n) is 13.5. The number of rotatable bonds is 6. The number of nitrogens with zero attached hydrogens (tertiary/aromatic N) is 2. The van der Waals surface area contributed by atoms with Crippen molar-refractivity contribution in [2.45, 2.75) is 44.9 Å². The predicted molar refractivity (Wildman–Crippen MR) is 103 cm³/mol. The van der Waals surface area contributed by atoms with Crippen molar-refractivity contribution < 1.29 is 4.79 Å². The summed E-state index contributed by atoms with van der Waals surface area (Å²) < 4.78 is 0. The third kappa shape index (κ3) is 7.58. The summed E-state index contributed by atoms with van der Waals surface area (Å²) in [7, 11) is 0. The van der Waals surface area contributed by atoms with Crippen molar-refractivity contribution in [2.75, 3.05) is 32.4 Å². The molecule has 124 valence electrons. The van der Waals surface area contributed by atoms with Gasteiger partial charge in [-0.05, 0) is 19.6 Å². The number of carbonyl (C=O) groups is 1. The highest BCUT2D eigenvalue weighted by atomic mass is 127. The second-order valence-electron chi connectivity index (χ2n) is 5.09. The summed E-state index contributed by atoms with van der Waals surface area (Å²) in [5.41, 5.74) is 0. The minimum absolute atomic E-state index is 0. The molecule has 21 heavy (non-hydrogen) atoms. The number of aliphatic imine (C=N–C) groups is 1. The molecule has 0 spiro atoms. The largest absolute Gasteiger partial charge is 0.357 e. The van der Waals surface area contributed by atoms with E-state index < -0.39 is 0 Å². The normalized spacial score (nSPS) is 19.9. The lowest BCUT2D eigenvalue weighted by Crippen LogP contribution is -2.45. The molecule has 1 rings (SSSR count). The van der Waals surface area contributed by atoms with E-state index in [0.29, 0.717) is 17.7 Å². The summed E-state index contributed by atoms with van der Waals surface area (Å²) in [5.74, 6) is 1.11. The molecule has 7 heteroatoms. The van der Waals surface area contributed by atoms with Gasteiger partial charge in [0.25, 0.3) is 0 Å². The van der Waals surface area contributed by atoms with Crippen LogP contribution in [0.2, 0.25) is 0 Å². The molecule has 2 N–H and O–H groups in total. The molecular formula is C14H29IN4OS. The Morgan fingerprint density at radius 1 is 1.48 bits per heavy atom. The van der Waals surface area contributed by atoms with Crippen LogP contribution in [0.5, 0.6) is 0 Å². The van der Waals surface area contributed by atoms with E-state index in [1.807, 2.05) is 23.6 Å². The first kappa shape index (κ1) is 20.8. The summed E-state index contributed by atoms with van der Waals surface area (Å²) in [6, 6.07) is 0.313. The number of hydrogen-bond donors (Lipinski definition) is 2. The van der Waals surface area contributed by atoms with Gasteiger partial charge < -0.3 is 15.5 Å². The first-order chi connectivity index (χ1) is 9.60. The Balaban J connectivity index is 0.00000400. The fourth-order valence-electron chi connectivity index (χ4n) is 2.14. The molecule has 1 fully saturated rings. The first-order valence-corrected chi connectivity index (χ1v) is 8.74. The third-order valence-corrected chi connectivity index (χ3v) is 4.39. The lowest BCUT2D eigenvalue weighted by atomic mass is 10.3. The maximum atomic E-state index is 11.7. The van der Waals surface area contributed by atoms with Crippen molar-refractivity contribution in [1.82, 2.24) is 15.5 Å². The molecule has 2 atom stereocenters. The second kappa shape index (κ2) is 11.4. The molecule has 0 aromatic rings. The molecular weight excluding hydrogens is 399 g/mol. The van der Waals surface area contributed by atoms with Gasteiger partial charge in [0.15, 0.2) is 5.96 Å². The Hall–Kier alpha value is -0.180. The van der Waals surface area contributed by atoms with Crippen molar-refractivity contribution in [2.24, 2.45) is 4.99 Å². The van der Waals surface area contributed by atoms with Gasteiger partial charge >= 0.3 is 0 Å². The Labute approximate surface area is 150 Å². The first-order valence-electron chi connectivity index (χ1n) is 7.46. The van der Waals surface area contributed by atoms with Crippen LogP contribution in [0.25, 0.3) is 0 Å². The van der Waals surface area contributed by atoms with Crippen molar-refractivity contribution in [1.29, 1.82) is 0 Å². The molecule has 1 saturated heterocycles. The SMILES string of the molecule is CCNC(=NCC(C)SC)NC1CCN(C(=O)CC)C1.I. The van der Waals surface area contributed by atoms with E-state index in [0.717, 1.165) is 38.6 Å². The van der Waals surface area contributed by atoms with Crippen LogP contribution in [0.4, 0.5) is 0 Å². The maximum Gasteiger partial charge on any atom is 0.222 e. The van der Waals surface area contributed by atoms with Crippen molar-refractivity contribution in [3.05, 3.63) is 0 Å². The highest BCUT2D eigenvalue weighted by molar-refractivity contribution is 14.0. The molecule has 0 bridgehead atoms. The minimum atomic E-state index is 0. The molecule has 0 saturated carbocycles. The average molecular weight is 428 g/mol. The number of carbonyl (C=O) groups excluding carboxylic acids is 1. The second-order valence-corrected chi connectivity index (χ2v) is 6.37. The number of amides is 1. The number of likely N-dealkylation sites (tertiary alicyclic amines) is 1. The smallest absolute Gasteiger partial charge is 0.222 e. The highest BCUT2D eigenvalue weighted by Crippen LogP contribution is 2.10. The van der Waals surface area contributed by atoms with Crippen LogP contribution in [0.3, 0.4) is 0 Å². The Morgan fingerprint density at radius 3 is 2.76 bits per heavy atom. The van der Waals surface area contributed by atoms with Gasteiger partial charge in [0.2, 0.25) is 5.91 Å². The van der Waals surface area contributed by atoms with Gasteiger partial charge in [-0.3, -0.25) is 9.79 Å². The number of nitrogens with one attached hydrogen (secondary N) is 2. The van der Waals surface area contributed by atoms with Gasteiger partial charge in [0.05, 0.1) is 6.54 Å². The van der Waals surface area contributed by atoms with E-state index in [2.05, 4.69) is 35.7 Å². The van der Waals surface area contributed by atoms with Crippen LogP contribution < -0.4 is 10.6 Å². The summed E-state index contributed by atoms with van der Waals surface area (Å²) in [6.07, 6.45) is 3.69. The van der Waals surface area contributed by atoms with Gasteiger partial charge in [0, 0.05) is 37.3 Å². The molecule has 0 aliphatic carbocycles. The molecule has 1 aliphatic rings. The van der Waals surface area contributed by atoms with E-state index in [-0.39, 0.29) is 29.9 Å². The average Bonchev–Trinajstić information content (AvgIpc) is 2.92. The van der Waals surface area contributed by atoms with E-state index in [9.17, 15) is 4.79 Å². The van der Waals surface area contributed by atoms with Crippen LogP contribution >= 0.6 is 35.7 Å². The van der Waals surface area contributed by atoms with Crippen molar-refractivity contribution >= 4 is 47.6 Å². The minimum Gasteiger partial charge on any atom is -0.357 e. The fourth-order valence-corrected chi connectivity index (χ4v) is 2.36. The summed E-state index contributed by atoms with van der Waals surface area (Å²) in [5, 5.41) is 7.23. The summed E-state index contributed by atoms with van der Waals surface area (Å²) in [4.78, 5) is 18.2. The van der Waals surface area contributed by atoms with Crippen LogP contribution in [0.15, 0.2) is 4.99 Å². The molecule has 1 aliphatic heterocycles. The summed E-state index contributed by atoms with van der Waals surface area (Å²) in [6.45, 7) is 9.45. The molecule has 5 nitrogen and oxygen atoms in total. The topological polar surface area (TPSA) is 56.7 Å². The molecule has 0 aromatic carbocycles. The number of halogens is 1.